The number of esters is 1. The van der Waals surface area contributed by atoms with E-state index in [1.807, 2.05) is 0 Å². The van der Waals surface area contributed by atoms with Crippen LogP contribution in [-0.4, -0.2) is 67.0 Å². The van der Waals surface area contributed by atoms with E-state index in [0.29, 0.717) is 0 Å². The second-order valence-electron chi connectivity index (χ2n) is 2.36. The van der Waals surface area contributed by atoms with Crippen molar-refractivity contribution in [2.24, 2.45) is 0 Å². The van der Waals surface area contributed by atoms with Crippen LogP contribution in [0.1, 0.15) is 0 Å². The van der Waals surface area contributed by atoms with Gasteiger partial charge in [-0.05, 0) is 0 Å². The first-order valence-corrected chi connectivity index (χ1v) is 4.20. The summed E-state index contributed by atoms with van der Waals surface area (Å²) in [7, 11) is 1.41. The summed E-state index contributed by atoms with van der Waals surface area (Å²) in [5, 5.41) is 23.1. The molecule has 0 aromatic rings. The van der Waals surface area contributed by atoms with Crippen LogP contribution >= 0.6 is 0 Å². The number of carbonyl (C=O) groups is 3. The lowest BCUT2D eigenvalue weighted by Crippen LogP contribution is -2.18. The molecule has 0 amide bonds. The van der Waals surface area contributed by atoms with Gasteiger partial charge in [0.2, 0.25) is 0 Å². The van der Waals surface area contributed by atoms with E-state index in [-0.39, 0.29) is 13.4 Å². The van der Waals surface area contributed by atoms with Gasteiger partial charge >= 0.3 is 17.9 Å². The zero-order valence-electron chi connectivity index (χ0n) is 9.12. The van der Waals surface area contributed by atoms with Crippen LogP contribution in [0.5, 0.6) is 0 Å². The molecule has 9 heteroatoms. The van der Waals surface area contributed by atoms with Crippen molar-refractivity contribution in [3.05, 3.63) is 0 Å². The maximum absolute atomic E-state index is 10.6. The number of carbonyl (C=O) groups excluding carboxylic acids is 1. The zero-order valence-corrected chi connectivity index (χ0v) is 9.12. The van der Waals surface area contributed by atoms with Crippen LogP contribution in [0.15, 0.2) is 0 Å². The van der Waals surface area contributed by atoms with E-state index in [2.05, 4.69) is 14.2 Å². The number of aliphatic hydroxyl groups is 1. The number of aliphatic carboxylic acids is 2. The predicted molar refractivity (Wildman–Crippen MR) is 51.1 cm³/mol. The van der Waals surface area contributed by atoms with E-state index in [1.54, 1.807) is 0 Å². The Bertz CT molecular complexity index is 237. The van der Waals surface area contributed by atoms with E-state index in [9.17, 15) is 9.59 Å². The number of aliphatic hydroxyl groups excluding tert-OH is 1. The Kier molecular flexibility index (Phi) is 12.9. The standard InChI is InChI=1S/C6H10O6.C2H4O3/c1-10-4-11-3-6(9)12-2-5(7)8;3-1-2(4)5/h2-4H2,1H3,(H,7,8);3H,1H2,(H,4,5). The molecule has 17 heavy (non-hydrogen) atoms. The van der Waals surface area contributed by atoms with Crippen molar-refractivity contribution in [2.75, 3.05) is 33.7 Å². The number of methoxy groups -OCH3 is 1. The van der Waals surface area contributed by atoms with Crippen molar-refractivity contribution in [1.82, 2.24) is 0 Å². The summed E-state index contributed by atoms with van der Waals surface area (Å²) in [6.45, 7) is -1.75. The Hall–Kier alpha value is -1.71. The van der Waals surface area contributed by atoms with Gasteiger partial charge in [0.15, 0.2) is 6.61 Å². The van der Waals surface area contributed by atoms with Crippen LogP contribution in [0, 0.1) is 0 Å². The summed E-state index contributed by atoms with van der Waals surface area (Å²) >= 11 is 0. The van der Waals surface area contributed by atoms with Gasteiger partial charge in [-0.1, -0.05) is 0 Å². The highest BCUT2D eigenvalue weighted by Crippen LogP contribution is 1.81. The van der Waals surface area contributed by atoms with E-state index < -0.39 is 31.1 Å². The molecule has 0 heterocycles. The highest BCUT2D eigenvalue weighted by atomic mass is 16.7. The molecule has 0 aromatic carbocycles. The molecule has 0 fully saturated rings. The topological polar surface area (TPSA) is 140 Å². The van der Waals surface area contributed by atoms with Gasteiger partial charge < -0.3 is 29.5 Å². The first-order chi connectivity index (χ1) is 7.93. The van der Waals surface area contributed by atoms with E-state index in [0.717, 1.165) is 0 Å². The fraction of sp³-hybridized carbons (Fsp3) is 0.625. The summed E-state index contributed by atoms with van der Waals surface area (Å²) < 4.78 is 13.3. The maximum atomic E-state index is 10.6. The molecular weight excluding hydrogens is 240 g/mol. The van der Waals surface area contributed by atoms with E-state index in [1.165, 1.54) is 7.11 Å². The van der Waals surface area contributed by atoms with Crippen LogP contribution in [0.25, 0.3) is 0 Å². The Labute approximate surface area is 96.5 Å². The summed E-state index contributed by atoms with van der Waals surface area (Å²) in [6, 6.07) is 0. The Morgan fingerprint density at radius 3 is 1.94 bits per heavy atom. The van der Waals surface area contributed by atoms with Crippen molar-refractivity contribution in [3.63, 3.8) is 0 Å². The summed E-state index contributed by atoms with van der Waals surface area (Å²) in [5.41, 5.74) is 0. The minimum atomic E-state index is -1.20. The van der Waals surface area contributed by atoms with Crippen molar-refractivity contribution in [1.29, 1.82) is 0 Å². The molecule has 0 aliphatic heterocycles. The number of carboxylic acid groups (broad SMARTS) is 2. The molecule has 0 atom stereocenters. The van der Waals surface area contributed by atoms with Crippen molar-refractivity contribution >= 4 is 17.9 Å². The second-order valence-corrected chi connectivity index (χ2v) is 2.36. The third-order valence-corrected chi connectivity index (χ3v) is 0.913. The van der Waals surface area contributed by atoms with E-state index in [4.69, 9.17) is 20.1 Å². The van der Waals surface area contributed by atoms with Gasteiger partial charge in [0.05, 0.1) is 0 Å². The summed E-state index contributed by atoms with van der Waals surface area (Å²) in [5.74, 6) is -3.12. The fourth-order valence-electron chi connectivity index (χ4n) is 0.392. The molecule has 0 aliphatic rings. The molecule has 0 aliphatic carbocycles. The molecule has 0 radical (unpaired) electrons. The van der Waals surface area contributed by atoms with Gasteiger partial charge in [-0.25, -0.2) is 14.4 Å². The third kappa shape index (κ3) is 20.4. The molecule has 100 valence electrons. The average Bonchev–Trinajstić information content (AvgIpc) is 2.27. The van der Waals surface area contributed by atoms with Gasteiger partial charge in [-0.2, -0.15) is 0 Å². The van der Waals surface area contributed by atoms with Gasteiger partial charge in [-0.15, -0.1) is 0 Å². The van der Waals surface area contributed by atoms with Crippen molar-refractivity contribution in [3.8, 4) is 0 Å². The highest BCUT2D eigenvalue weighted by molar-refractivity contribution is 5.75. The second kappa shape index (κ2) is 12.4. The fourth-order valence-corrected chi connectivity index (χ4v) is 0.392. The molecule has 3 N–H and O–H groups in total. The number of hydrogen-bond donors (Lipinski definition) is 3. The average molecular weight is 254 g/mol. The molecule has 0 saturated heterocycles. The molecule has 0 spiro atoms. The first-order valence-electron chi connectivity index (χ1n) is 4.20. The maximum Gasteiger partial charge on any atom is 0.341 e. The van der Waals surface area contributed by atoms with Gasteiger partial charge in [0.1, 0.15) is 20.0 Å². The first kappa shape index (κ1) is 17.7. The summed E-state index contributed by atoms with van der Waals surface area (Å²) in [4.78, 5) is 29.6. The number of rotatable bonds is 7. The normalized spacial score (nSPS) is 8.82. The number of carboxylic acids is 2. The Morgan fingerprint density at radius 2 is 1.59 bits per heavy atom. The molecule has 0 aromatic heterocycles. The molecule has 0 rings (SSSR count). The van der Waals surface area contributed by atoms with Crippen LogP contribution < -0.4 is 0 Å². The minimum absolute atomic E-state index is 0.0256. The predicted octanol–water partition coefficient (Wildman–Crippen LogP) is -1.70. The SMILES string of the molecule is COCOCC(=O)OCC(=O)O.O=C(O)CO. The van der Waals surface area contributed by atoms with Crippen LogP contribution in [0.2, 0.25) is 0 Å². The van der Waals surface area contributed by atoms with E-state index >= 15 is 0 Å². The van der Waals surface area contributed by atoms with Crippen molar-refractivity contribution in [2.45, 2.75) is 0 Å². The molecule has 0 saturated carbocycles. The Balaban J connectivity index is 0. The number of hydrogen-bond acceptors (Lipinski definition) is 7. The monoisotopic (exact) mass is 254 g/mol. The molecule has 0 bridgehead atoms. The molecule has 0 unspecified atom stereocenters. The zero-order chi connectivity index (χ0) is 13.7. The molecule has 9 nitrogen and oxygen atoms in total. The lowest BCUT2D eigenvalue weighted by Gasteiger charge is -2.01. The Morgan fingerprint density at radius 1 is 1.06 bits per heavy atom. The quantitative estimate of drug-likeness (QED) is 0.275. The van der Waals surface area contributed by atoms with Gasteiger partial charge in [0, 0.05) is 7.11 Å². The lowest BCUT2D eigenvalue weighted by atomic mass is 10.7. The lowest BCUT2D eigenvalue weighted by molar-refractivity contribution is -0.161. The van der Waals surface area contributed by atoms with Crippen LogP contribution in [0.3, 0.4) is 0 Å². The number of ether oxygens (including phenoxy) is 3. The van der Waals surface area contributed by atoms with Gasteiger partial charge in [-0.3, -0.25) is 0 Å². The smallest absolute Gasteiger partial charge is 0.341 e. The largest absolute Gasteiger partial charge is 0.480 e. The molecular formula is C8H14O9. The summed E-state index contributed by atoms with van der Waals surface area (Å²) in [6.07, 6.45) is 0. The van der Waals surface area contributed by atoms with Crippen LogP contribution in [-0.2, 0) is 28.6 Å². The third-order valence-electron chi connectivity index (χ3n) is 0.913. The van der Waals surface area contributed by atoms with Gasteiger partial charge in [0.25, 0.3) is 0 Å². The highest BCUT2D eigenvalue weighted by Gasteiger charge is 2.04. The van der Waals surface area contributed by atoms with Crippen molar-refractivity contribution < 1.29 is 43.9 Å². The minimum Gasteiger partial charge on any atom is -0.480 e. The van der Waals surface area contributed by atoms with Crippen LogP contribution in [0.4, 0.5) is 0 Å².